The quantitative estimate of drug-likeness (QED) is 0.710. The van der Waals surface area contributed by atoms with Crippen LogP contribution in [0.3, 0.4) is 0 Å². The number of aryl methyl sites for hydroxylation is 2. The van der Waals surface area contributed by atoms with Crippen LogP contribution < -0.4 is 11.1 Å². The molecule has 20 heavy (non-hydrogen) atoms. The Balaban J connectivity index is 1.96. The zero-order valence-corrected chi connectivity index (χ0v) is 11.0. The number of anilines is 2. The minimum absolute atomic E-state index is 0.305. The highest BCUT2D eigenvalue weighted by molar-refractivity contribution is 6.07. The summed E-state index contributed by atoms with van der Waals surface area (Å²) >= 11 is 0. The fourth-order valence-corrected chi connectivity index (χ4v) is 1.95. The third-order valence-electron chi connectivity index (χ3n) is 2.88. The molecule has 3 aromatic heterocycles. The number of hydrogen-bond acceptors (Lipinski definition) is 5. The molecule has 0 radical (unpaired) electrons. The highest BCUT2D eigenvalue weighted by Crippen LogP contribution is 2.14. The SMILES string of the molecule is Cc1cc(NC(=O)c2cnn3ccc(N)nc23)n(C)n1. The lowest BCUT2D eigenvalue weighted by molar-refractivity contribution is 0.102. The molecule has 8 heteroatoms. The van der Waals surface area contributed by atoms with Gasteiger partial charge in [-0.3, -0.25) is 9.48 Å². The van der Waals surface area contributed by atoms with Crippen LogP contribution in [0.4, 0.5) is 11.6 Å². The lowest BCUT2D eigenvalue weighted by atomic mass is 10.3. The zero-order valence-electron chi connectivity index (χ0n) is 11.0. The molecule has 8 nitrogen and oxygen atoms in total. The maximum absolute atomic E-state index is 12.3. The smallest absolute Gasteiger partial charge is 0.262 e. The molecule has 3 N–H and O–H groups in total. The normalized spacial score (nSPS) is 10.9. The van der Waals surface area contributed by atoms with Gasteiger partial charge in [-0.05, 0) is 13.0 Å². The van der Waals surface area contributed by atoms with Crippen LogP contribution in [-0.2, 0) is 7.05 Å². The van der Waals surface area contributed by atoms with Crippen molar-refractivity contribution in [1.82, 2.24) is 24.4 Å². The molecule has 1 amide bonds. The second-order valence-electron chi connectivity index (χ2n) is 4.43. The van der Waals surface area contributed by atoms with Crippen molar-refractivity contribution in [2.24, 2.45) is 7.05 Å². The average Bonchev–Trinajstić information content (AvgIpc) is 2.93. The van der Waals surface area contributed by atoms with Crippen LogP contribution in [0, 0.1) is 6.92 Å². The van der Waals surface area contributed by atoms with Gasteiger partial charge in [-0.1, -0.05) is 0 Å². The van der Waals surface area contributed by atoms with Gasteiger partial charge >= 0.3 is 0 Å². The molecular formula is C12H13N7O. The van der Waals surface area contributed by atoms with Crippen molar-refractivity contribution in [3.63, 3.8) is 0 Å². The third kappa shape index (κ3) is 1.96. The first-order valence-electron chi connectivity index (χ1n) is 5.96. The number of rotatable bonds is 2. The van der Waals surface area contributed by atoms with E-state index in [1.165, 1.54) is 10.7 Å². The highest BCUT2D eigenvalue weighted by atomic mass is 16.1. The summed E-state index contributed by atoms with van der Waals surface area (Å²) in [5.41, 5.74) is 7.23. The third-order valence-corrected chi connectivity index (χ3v) is 2.88. The predicted octanol–water partition coefficient (Wildman–Crippen LogP) is 0.606. The van der Waals surface area contributed by atoms with Gasteiger partial charge in [-0.2, -0.15) is 10.2 Å². The lowest BCUT2D eigenvalue weighted by Crippen LogP contribution is -2.14. The second kappa shape index (κ2) is 4.34. The molecule has 3 aromatic rings. The fraction of sp³-hybridized carbons (Fsp3) is 0.167. The number of amides is 1. The number of fused-ring (bicyclic) bond motifs is 1. The molecule has 0 bridgehead atoms. The molecular weight excluding hydrogens is 258 g/mol. The fourth-order valence-electron chi connectivity index (χ4n) is 1.95. The van der Waals surface area contributed by atoms with Crippen molar-refractivity contribution in [2.45, 2.75) is 6.92 Å². The van der Waals surface area contributed by atoms with Crippen molar-refractivity contribution in [3.05, 3.63) is 35.8 Å². The summed E-state index contributed by atoms with van der Waals surface area (Å²) in [7, 11) is 1.76. The minimum atomic E-state index is -0.305. The Hall–Kier alpha value is -2.90. The van der Waals surface area contributed by atoms with Crippen LogP contribution in [0.25, 0.3) is 5.65 Å². The zero-order chi connectivity index (χ0) is 14.3. The first-order valence-corrected chi connectivity index (χ1v) is 5.96. The molecule has 0 atom stereocenters. The second-order valence-corrected chi connectivity index (χ2v) is 4.43. The number of nitrogen functional groups attached to an aromatic ring is 1. The molecule has 0 spiro atoms. The molecule has 3 rings (SSSR count). The Kier molecular flexibility index (Phi) is 2.63. The van der Waals surface area contributed by atoms with Crippen LogP contribution in [0.2, 0.25) is 0 Å². The van der Waals surface area contributed by atoms with E-state index in [4.69, 9.17) is 5.73 Å². The van der Waals surface area contributed by atoms with Gasteiger partial charge in [0.05, 0.1) is 11.9 Å². The molecule has 0 aliphatic carbocycles. The Morgan fingerprint density at radius 3 is 2.95 bits per heavy atom. The number of carbonyl (C=O) groups is 1. The van der Waals surface area contributed by atoms with E-state index < -0.39 is 0 Å². The van der Waals surface area contributed by atoms with Gasteiger partial charge in [0.1, 0.15) is 17.2 Å². The maximum atomic E-state index is 12.3. The average molecular weight is 271 g/mol. The maximum Gasteiger partial charge on any atom is 0.262 e. The van der Waals surface area contributed by atoms with E-state index >= 15 is 0 Å². The van der Waals surface area contributed by atoms with Crippen LogP contribution in [0.1, 0.15) is 16.1 Å². The van der Waals surface area contributed by atoms with Crippen molar-refractivity contribution >= 4 is 23.2 Å². The standard InChI is InChI=1S/C12H13N7O/c1-7-5-10(18(2)17-7)16-12(20)8-6-14-19-4-3-9(13)15-11(8)19/h3-6H,1-2H3,(H2,13,15)(H,16,20). The molecule has 0 saturated heterocycles. The largest absolute Gasteiger partial charge is 0.384 e. The van der Waals surface area contributed by atoms with Crippen LogP contribution >= 0.6 is 0 Å². The lowest BCUT2D eigenvalue weighted by Gasteiger charge is -2.03. The topological polar surface area (TPSA) is 103 Å². The van der Waals surface area contributed by atoms with Crippen molar-refractivity contribution < 1.29 is 4.79 Å². The van der Waals surface area contributed by atoms with E-state index in [-0.39, 0.29) is 5.91 Å². The molecule has 102 valence electrons. The van der Waals surface area contributed by atoms with E-state index in [0.29, 0.717) is 22.8 Å². The van der Waals surface area contributed by atoms with Crippen molar-refractivity contribution in [2.75, 3.05) is 11.1 Å². The van der Waals surface area contributed by atoms with Gasteiger partial charge in [0.25, 0.3) is 5.91 Å². The van der Waals surface area contributed by atoms with Crippen LogP contribution in [-0.4, -0.2) is 30.3 Å². The summed E-state index contributed by atoms with van der Waals surface area (Å²) in [6, 6.07) is 3.40. The number of hydrogen-bond donors (Lipinski definition) is 2. The van der Waals surface area contributed by atoms with Crippen molar-refractivity contribution in [1.29, 1.82) is 0 Å². The predicted molar refractivity (Wildman–Crippen MR) is 73.3 cm³/mol. The number of nitrogens with two attached hydrogens (primary N) is 1. The Morgan fingerprint density at radius 2 is 2.25 bits per heavy atom. The first kappa shape index (κ1) is 12.2. The monoisotopic (exact) mass is 271 g/mol. The van der Waals surface area contributed by atoms with Crippen LogP contribution in [0.5, 0.6) is 0 Å². The highest BCUT2D eigenvalue weighted by Gasteiger charge is 2.16. The van der Waals surface area contributed by atoms with Gasteiger partial charge in [-0.25, -0.2) is 9.50 Å². The summed E-state index contributed by atoms with van der Waals surface area (Å²) in [5.74, 6) is 0.639. The Labute approximate surface area is 114 Å². The molecule has 0 fully saturated rings. The van der Waals surface area contributed by atoms with E-state index in [9.17, 15) is 4.79 Å². The summed E-state index contributed by atoms with van der Waals surface area (Å²) in [4.78, 5) is 16.4. The van der Waals surface area contributed by atoms with Gasteiger partial charge < -0.3 is 11.1 Å². The molecule has 0 aromatic carbocycles. The number of aromatic nitrogens is 5. The number of carbonyl (C=O) groups excluding carboxylic acids is 1. The van der Waals surface area contributed by atoms with Gasteiger partial charge in [0.15, 0.2) is 5.65 Å². The van der Waals surface area contributed by atoms with E-state index in [2.05, 4.69) is 20.5 Å². The summed E-state index contributed by atoms with van der Waals surface area (Å²) in [5, 5.41) is 11.0. The summed E-state index contributed by atoms with van der Waals surface area (Å²) < 4.78 is 3.10. The number of nitrogens with one attached hydrogen (secondary N) is 1. The molecule has 0 aliphatic heterocycles. The summed E-state index contributed by atoms with van der Waals surface area (Å²) in [6.07, 6.45) is 3.11. The summed E-state index contributed by atoms with van der Waals surface area (Å²) in [6.45, 7) is 1.85. The molecule has 0 unspecified atom stereocenters. The first-order chi connectivity index (χ1) is 9.54. The van der Waals surface area contributed by atoms with Crippen molar-refractivity contribution in [3.8, 4) is 0 Å². The van der Waals surface area contributed by atoms with E-state index in [1.54, 1.807) is 30.1 Å². The molecule has 3 heterocycles. The van der Waals surface area contributed by atoms with Gasteiger partial charge in [-0.15, -0.1) is 0 Å². The minimum Gasteiger partial charge on any atom is -0.384 e. The molecule has 0 saturated carbocycles. The van der Waals surface area contributed by atoms with E-state index in [0.717, 1.165) is 5.69 Å². The number of nitrogens with zero attached hydrogens (tertiary/aromatic N) is 5. The Bertz CT molecular complexity index is 801. The molecule has 0 aliphatic rings. The van der Waals surface area contributed by atoms with Crippen LogP contribution in [0.15, 0.2) is 24.5 Å². The van der Waals surface area contributed by atoms with Gasteiger partial charge in [0, 0.05) is 19.3 Å². The van der Waals surface area contributed by atoms with Gasteiger partial charge in [0.2, 0.25) is 0 Å². The van der Waals surface area contributed by atoms with E-state index in [1.807, 2.05) is 6.92 Å². The Morgan fingerprint density at radius 1 is 1.45 bits per heavy atom.